The molecular weight excluding hydrogens is 236 g/mol. The van der Waals surface area contributed by atoms with Crippen molar-refractivity contribution in [2.45, 2.75) is 51.4 Å². The lowest BCUT2D eigenvalue weighted by molar-refractivity contribution is 0.0673. The smallest absolute Gasteiger partial charge is 0.0587 e. The first-order chi connectivity index (χ1) is 9.35. The van der Waals surface area contributed by atoms with Crippen LogP contribution in [0.3, 0.4) is 0 Å². The third-order valence-corrected chi connectivity index (χ3v) is 5.14. The van der Waals surface area contributed by atoms with Crippen molar-refractivity contribution >= 4 is 0 Å². The number of hydrogen-bond acceptors (Lipinski definition) is 3. The average molecular weight is 268 g/mol. The molecule has 0 aromatic carbocycles. The van der Waals surface area contributed by atoms with Gasteiger partial charge in [-0.05, 0) is 63.7 Å². The van der Waals surface area contributed by atoms with Gasteiger partial charge in [-0.15, -0.1) is 0 Å². The summed E-state index contributed by atoms with van der Waals surface area (Å²) in [4.78, 5) is 2.68. The van der Waals surface area contributed by atoms with Crippen LogP contribution in [0, 0.1) is 5.41 Å². The van der Waals surface area contributed by atoms with Crippen molar-refractivity contribution in [2.75, 3.05) is 46.4 Å². The van der Waals surface area contributed by atoms with Crippen LogP contribution < -0.4 is 5.32 Å². The molecule has 1 saturated carbocycles. The molecule has 1 aliphatic carbocycles. The summed E-state index contributed by atoms with van der Waals surface area (Å²) in [6.45, 7) is 6.91. The zero-order valence-electron chi connectivity index (χ0n) is 12.8. The van der Waals surface area contributed by atoms with E-state index in [4.69, 9.17) is 4.74 Å². The van der Waals surface area contributed by atoms with Crippen LogP contribution in [0.25, 0.3) is 0 Å². The quantitative estimate of drug-likeness (QED) is 0.719. The van der Waals surface area contributed by atoms with Crippen LogP contribution in [0.2, 0.25) is 0 Å². The molecule has 0 radical (unpaired) electrons. The maximum Gasteiger partial charge on any atom is 0.0587 e. The van der Waals surface area contributed by atoms with Gasteiger partial charge in [0.1, 0.15) is 0 Å². The lowest BCUT2D eigenvalue weighted by Gasteiger charge is -2.44. The first-order valence-electron chi connectivity index (χ1n) is 8.27. The number of likely N-dealkylation sites (tertiary alicyclic amines) is 1. The van der Waals surface area contributed by atoms with Crippen LogP contribution in [0.4, 0.5) is 0 Å². The van der Waals surface area contributed by atoms with E-state index in [1.165, 1.54) is 71.0 Å². The number of rotatable bonds is 7. The maximum atomic E-state index is 5.03. The highest BCUT2D eigenvalue weighted by molar-refractivity contribution is 4.88. The van der Waals surface area contributed by atoms with Crippen molar-refractivity contribution in [1.82, 2.24) is 10.2 Å². The molecule has 0 amide bonds. The van der Waals surface area contributed by atoms with Crippen LogP contribution >= 0.6 is 0 Å². The summed E-state index contributed by atoms with van der Waals surface area (Å²) >= 11 is 0. The van der Waals surface area contributed by atoms with Gasteiger partial charge < -0.3 is 15.0 Å². The Kier molecular flexibility index (Phi) is 6.62. The number of piperidine rings is 1. The summed E-state index contributed by atoms with van der Waals surface area (Å²) < 4.78 is 5.03. The minimum Gasteiger partial charge on any atom is -0.383 e. The standard InChI is InChI=1S/C16H32N2O/c1-19-15-11-17-10-5-12-18-13-8-16(9-14-18)6-3-2-4-7-16/h17H,2-15H2,1H3. The van der Waals surface area contributed by atoms with Gasteiger partial charge in [-0.1, -0.05) is 19.3 Å². The number of nitrogens with one attached hydrogen (secondary N) is 1. The van der Waals surface area contributed by atoms with Gasteiger partial charge in [0.05, 0.1) is 6.61 Å². The van der Waals surface area contributed by atoms with E-state index in [2.05, 4.69) is 10.2 Å². The molecule has 0 aromatic heterocycles. The van der Waals surface area contributed by atoms with Gasteiger partial charge in [0.2, 0.25) is 0 Å². The zero-order valence-corrected chi connectivity index (χ0v) is 12.8. The average Bonchev–Trinajstić information content (AvgIpc) is 2.46. The highest BCUT2D eigenvalue weighted by Crippen LogP contribution is 2.44. The Bertz CT molecular complexity index is 229. The predicted octanol–water partition coefficient (Wildman–Crippen LogP) is 2.66. The van der Waals surface area contributed by atoms with Gasteiger partial charge in [-0.3, -0.25) is 0 Å². The summed E-state index contributed by atoms with van der Waals surface area (Å²) in [5.41, 5.74) is 0.755. The van der Waals surface area contributed by atoms with Crippen molar-refractivity contribution in [3.63, 3.8) is 0 Å². The van der Waals surface area contributed by atoms with E-state index in [0.29, 0.717) is 0 Å². The Morgan fingerprint density at radius 2 is 1.74 bits per heavy atom. The lowest BCUT2D eigenvalue weighted by Crippen LogP contribution is -2.41. The summed E-state index contributed by atoms with van der Waals surface area (Å²) in [7, 11) is 1.76. The zero-order chi connectivity index (χ0) is 13.4. The molecule has 1 aliphatic heterocycles. The molecule has 1 heterocycles. The topological polar surface area (TPSA) is 24.5 Å². The summed E-state index contributed by atoms with van der Waals surface area (Å²) in [6, 6.07) is 0. The lowest BCUT2D eigenvalue weighted by atomic mass is 9.68. The first kappa shape index (κ1) is 15.3. The van der Waals surface area contributed by atoms with Gasteiger partial charge in [-0.25, -0.2) is 0 Å². The van der Waals surface area contributed by atoms with E-state index in [9.17, 15) is 0 Å². The van der Waals surface area contributed by atoms with Crippen LogP contribution in [0.1, 0.15) is 51.4 Å². The molecule has 112 valence electrons. The van der Waals surface area contributed by atoms with Gasteiger partial charge in [0.15, 0.2) is 0 Å². The van der Waals surface area contributed by atoms with E-state index >= 15 is 0 Å². The molecule has 1 saturated heterocycles. The van der Waals surface area contributed by atoms with Crippen molar-refractivity contribution in [1.29, 1.82) is 0 Å². The van der Waals surface area contributed by atoms with Crippen LogP contribution in [-0.4, -0.2) is 51.3 Å². The second-order valence-corrected chi connectivity index (χ2v) is 6.50. The minimum atomic E-state index is 0.755. The molecule has 0 atom stereocenters. The van der Waals surface area contributed by atoms with Crippen LogP contribution in [0.5, 0.6) is 0 Å². The Hall–Kier alpha value is -0.120. The molecule has 0 aromatic rings. The second-order valence-electron chi connectivity index (χ2n) is 6.50. The second kappa shape index (κ2) is 8.23. The Balaban J connectivity index is 1.53. The minimum absolute atomic E-state index is 0.755. The fraction of sp³-hybridized carbons (Fsp3) is 1.00. The predicted molar refractivity (Wildman–Crippen MR) is 80.6 cm³/mol. The van der Waals surface area contributed by atoms with E-state index in [-0.39, 0.29) is 0 Å². The van der Waals surface area contributed by atoms with Crippen LogP contribution in [-0.2, 0) is 4.74 Å². The van der Waals surface area contributed by atoms with Crippen molar-refractivity contribution in [3.05, 3.63) is 0 Å². The van der Waals surface area contributed by atoms with E-state index in [0.717, 1.165) is 25.1 Å². The molecule has 2 fully saturated rings. The van der Waals surface area contributed by atoms with Crippen molar-refractivity contribution in [3.8, 4) is 0 Å². The molecule has 2 rings (SSSR count). The molecular formula is C16H32N2O. The third-order valence-electron chi connectivity index (χ3n) is 5.14. The highest BCUT2D eigenvalue weighted by atomic mass is 16.5. The number of nitrogens with zero attached hydrogens (tertiary/aromatic N) is 1. The summed E-state index contributed by atoms with van der Waals surface area (Å²) in [6.07, 6.45) is 11.7. The fourth-order valence-corrected chi connectivity index (χ4v) is 3.78. The molecule has 0 bridgehead atoms. The van der Waals surface area contributed by atoms with Gasteiger partial charge in [-0.2, -0.15) is 0 Å². The first-order valence-corrected chi connectivity index (χ1v) is 8.27. The SMILES string of the molecule is COCCNCCCN1CCC2(CCCCC2)CC1. The largest absolute Gasteiger partial charge is 0.383 e. The van der Waals surface area contributed by atoms with E-state index in [1.54, 1.807) is 7.11 Å². The summed E-state index contributed by atoms with van der Waals surface area (Å²) in [5, 5.41) is 3.43. The Labute approximate surface area is 119 Å². The number of hydrogen-bond donors (Lipinski definition) is 1. The molecule has 0 unspecified atom stereocenters. The fourth-order valence-electron chi connectivity index (χ4n) is 3.78. The monoisotopic (exact) mass is 268 g/mol. The Morgan fingerprint density at radius 1 is 1.00 bits per heavy atom. The summed E-state index contributed by atoms with van der Waals surface area (Å²) in [5.74, 6) is 0. The number of methoxy groups -OCH3 is 1. The third kappa shape index (κ3) is 5.05. The molecule has 3 nitrogen and oxygen atoms in total. The van der Waals surface area contributed by atoms with Crippen molar-refractivity contribution in [2.24, 2.45) is 5.41 Å². The number of ether oxygens (including phenoxy) is 1. The van der Waals surface area contributed by atoms with Crippen molar-refractivity contribution < 1.29 is 4.74 Å². The van der Waals surface area contributed by atoms with E-state index in [1.807, 2.05) is 0 Å². The molecule has 3 heteroatoms. The normalized spacial score (nSPS) is 23.8. The molecule has 1 N–H and O–H groups in total. The molecule has 19 heavy (non-hydrogen) atoms. The highest BCUT2D eigenvalue weighted by Gasteiger charge is 2.35. The Morgan fingerprint density at radius 3 is 2.42 bits per heavy atom. The van der Waals surface area contributed by atoms with Crippen LogP contribution in [0.15, 0.2) is 0 Å². The molecule has 1 spiro atoms. The van der Waals surface area contributed by atoms with E-state index < -0.39 is 0 Å². The van der Waals surface area contributed by atoms with Gasteiger partial charge >= 0.3 is 0 Å². The maximum absolute atomic E-state index is 5.03. The molecule has 2 aliphatic rings. The van der Waals surface area contributed by atoms with Gasteiger partial charge in [0.25, 0.3) is 0 Å². The van der Waals surface area contributed by atoms with Gasteiger partial charge in [0, 0.05) is 13.7 Å².